The maximum Gasteiger partial charge on any atom is 0.355 e. The lowest BCUT2D eigenvalue weighted by Crippen LogP contribution is -2.38. The van der Waals surface area contributed by atoms with Crippen LogP contribution in [0.5, 0.6) is 0 Å². The van der Waals surface area contributed by atoms with Gasteiger partial charge < -0.3 is 19.1 Å². The first kappa shape index (κ1) is 19.1. The first-order valence-electron chi connectivity index (χ1n) is 8.01. The Morgan fingerprint density at radius 2 is 1.96 bits per heavy atom. The van der Waals surface area contributed by atoms with Crippen LogP contribution in [0, 0.1) is 0 Å². The molecule has 1 aromatic heterocycles. The summed E-state index contributed by atoms with van der Waals surface area (Å²) < 4.78 is 17.8. The summed E-state index contributed by atoms with van der Waals surface area (Å²) in [5.41, 5.74) is 2.65. The maximum absolute atomic E-state index is 12.4. The molecule has 1 aliphatic heterocycles. The summed E-state index contributed by atoms with van der Waals surface area (Å²) in [7, 11) is 4.36. The van der Waals surface area contributed by atoms with Crippen molar-refractivity contribution in [2.45, 2.75) is 0 Å². The zero-order chi connectivity index (χ0) is 19.6. The summed E-state index contributed by atoms with van der Waals surface area (Å²) in [6.07, 6.45) is 1.71. The van der Waals surface area contributed by atoms with Crippen LogP contribution in [0.4, 0.5) is 5.69 Å². The lowest BCUT2D eigenvalue weighted by Gasteiger charge is -2.31. The quantitative estimate of drug-likeness (QED) is 0.680. The van der Waals surface area contributed by atoms with Gasteiger partial charge in [-0.1, -0.05) is 12.1 Å². The van der Waals surface area contributed by atoms with E-state index >= 15 is 0 Å². The van der Waals surface area contributed by atoms with Gasteiger partial charge in [0, 0.05) is 18.3 Å². The van der Waals surface area contributed by atoms with E-state index in [9.17, 15) is 9.59 Å². The summed E-state index contributed by atoms with van der Waals surface area (Å²) in [4.78, 5) is 26.1. The number of nitrogens with zero attached hydrogens (tertiary/aromatic N) is 3. The maximum atomic E-state index is 12.4. The summed E-state index contributed by atoms with van der Waals surface area (Å²) in [6.45, 7) is 0.0709. The number of rotatable bonds is 4. The molecule has 0 N–H and O–H groups in total. The van der Waals surface area contributed by atoms with Gasteiger partial charge in [-0.15, -0.1) is 0 Å². The van der Waals surface area contributed by atoms with E-state index in [1.54, 1.807) is 15.8 Å². The molecule has 1 aromatic carbocycles. The van der Waals surface area contributed by atoms with Crippen molar-refractivity contribution in [1.82, 2.24) is 9.78 Å². The van der Waals surface area contributed by atoms with Crippen molar-refractivity contribution in [3.05, 3.63) is 46.2 Å². The molecular weight excluding hydrogens is 418 g/mol. The highest BCUT2D eigenvalue weighted by atomic mass is 79.9. The lowest BCUT2D eigenvalue weighted by atomic mass is 10.1. The van der Waals surface area contributed by atoms with Gasteiger partial charge in [0.1, 0.15) is 12.4 Å². The van der Waals surface area contributed by atoms with E-state index in [4.69, 9.17) is 14.2 Å². The van der Waals surface area contributed by atoms with Gasteiger partial charge in [0.2, 0.25) is 0 Å². The number of anilines is 1. The monoisotopic (exact) mass is 435 g/mol. The number of benzene rings is 1. The van der Waals surface area contributed by atoms with Gasteiger partial charge in [-0.2, -0.15) is 5.10 Å². The van der Waals surface area contributed by atoms with Gasteiger partial charge >= 0.3 is 11.9 Å². The van der Waals surface area contributed by atoms with E-state index in [2.05, 4.69) is 21.0 Å². The lowest BCUT2D eigenvalue weighted by molar-refractivity contribution is -0.140. The third-order valence-corrected chi connectivity index (χ3v) is 4.74. The van der Waals surface area contributed by atoms with Crippen LogP contribution < -0.4 is 4.90 Å². The Morgan fingerprint density at radius 3 is 2.59 bits per heavy atom. The second kappa shape index (κ2) is 7.93. The van der Waals surface area contributed by atoms with E-state index < -0.39 is 11.9 Å². The molecule has 0 unspecified atom stereocenters. The Morgan fingerprint density at radius 1 is 1.22 bits per heavy atom. The number of hydrogen-bond donors (Lipinski definition) is 0. The van der Waals surface area contributed by atoms with Crippen molar-refractivity contribution >= 4 is 33.6 Å². The molecule has 142 valence electrons. The molecule has 0 amide bonds. The smallest absolute Gasteiger partial charge is 0.355 e. The molecule has 2 aromatic rings. The van der Waals surface area contributed by atoms with Crippen LogP contribution in [0.1, 0.15) is 0 Å². The van der Waals surface area contributed by atoms with Crippen LogP contribution in [-0.4, -0.2) is 49.3 Å². The average Bonchev–Trinajstić information content (AvgIpc) is 3.04. The first-order valence-corrected chi connectivity index (χ1v) is 8.80. The molecule has 0 saturated carbocycles. The third-order valence-electron chi connectivity index (χ3n) is 4.16. The Labute approximate surface area is 164 Å². The fourth-order valence-corrected chi connectivity index (χ4v) is 3.48. The van der Waals surface area contributed by atoms with Crippen molar-refractivity contribution in [2.24, 2.45) is 7.05 Å². The number of aryl methyl sites for hydroxylation is 1. The molecular formula is C18H18BrN3O5. The molecule has 0 bridgehead atoms. The van der Waals surface area contributed by atoms with Gasteiger partial charge in [-0.25, -0.2) is 9.59 Å². The summed E-state index contributed by atoms with van der Waals surface area (Å²) in [6, 6.07) is 7.48. The minimum Gasteiger partial charge on any atom is -0.466 e. The van der Waals surface area contributed by atoms with Crippen molar-refractivity contribution in [2.75, 3.05) is 32.5 Å². The third kappa shape index (κ3) is 3.60. The number of aromatic nitrogens is 2. The molecule has 0 saturated heterocycles. The van der Waals surface area contributed by atoms with E-state index in [1.165, 1.54) is 14.2 Å². The molecule has 2 heterocycles. The van der Waals surface area contributed by atoms with Gasteiger partial charge in [0.15, 0.2) is 0 Å². The summed E-state index contributed by atoms with van der Waals surface area (Å²) in [5.74, 6) is -1.27. The summed E-state index contributed by atoms with van der Waals surface area (Å²) in [5, 5.41) is 4.22. The second-order valence-electron chi connectivity index (χ2n) is 5.73. The minimum absolute atomic E-state index is 0.0272. The Balaban J connectivity index is 2.10. The average molecular weight is 436 g/mol. The van der Waals surface area contributed by atoms with Crippen LogP contribution in [0.2, 0.25) is 0 Å². The number of ether oxygens (including phenoxy) is 3. The van der Waals surface area contributed by atoms with E-state index in [1.807, 2.05) is 31.3 Å². The SMILES string of the molecule is COC(=O)C1=C(C(=O)OC)N(c2cccc(-c3c(Br)cnn3C)c2)COC1. The molecule has 0 fully saturated rings. The van der Waals surface area contributed by atoms with E-state index in [0.29, 0.717) is 5.69 Å². The van der Waals surface area contributed by atoms with Gasteiger partial charge in [0.05, 0.1) is 42.8 Å². The zero-order valence-corrected chi connectivity index (χ0v) is 16.6. The van der Waals surface area contributed by atoms with E-state index in [-0.39, 0.29) is 24.6 Å². The van der Waals surface area contributed by atoms with Crippen LogP contribution in [-0.2, 0) is 30.8 Å². The number of hydrogen-bond acceptors (Lipinski definition) is 7. The molecule has 0 atom stereocenters. The predicted molar refractivity (Wildman–Crippen MR) is 101 cm³/mol. The highest BCUT2D eigenvalue weighted by Crippen LogP contribution is 2.33. The van der Waals surface area contributed by atoms with Crippen molar-refractivity contribution in [3.8, 4) is 11.3 Å². The molecule has 8 nitrogen and oxygen atoms in total. The molecule has 9 heteroatoms. The van der Waals surface area contributed by atoms with Crippen molar-refractivity contribution < 1.29 is 23.8 Å². The van der Waals surface area contributed by atoms with Crippen molar-refractivity contribution in [3.63, 3.8) is 0 Å². The number of carbonyl (C=O) groups is 2. The minimum atomic E-state index is -0.634. The molecule has 0 radical (unpaired) electrons. The highest BCUT2D eigenvalue weighted by Gasteiger charge is 2.32. The number of esters is 2. The molecule has 0 spiro atoms. The largest absolute Gasteiger partial charge is 0.466 e. The Hall–Kier alpha value is -2.65. The van der Waals surface area contributed by atoms with Crippen molar-refractivity contribution in [1.29, 1.82) is 0 Å². The normalized spacial score (nSPS) is 14.3. The summed E-state index contributed by atoms with van der Waals surface area (Å²) >= 11 is 3.49. The fourth-order valence-electron chi connectivity index (χ4n) is 2.90. The van der Waals surface area contributed by atoms with Crippen LogP contribution >= 0.6 is 15.9 Å². The number of halogens is 1. The first-order chi connectivity index (χ1) is 13.0. The van der Waals surface area contributed by atoms with Gasteiger partial charge in [0.25, 0.3) is 0 Å². The molecule has 27 heavy (non-hydrogen) atoms. The zero-order valence-electron chi connectivity index (χ0n) is 15.1. The highest BCUT2D eigenvalue weighted by molar-refractivity contribution is 9.10. The second-order valence-corrected chi connectivity index (χ2v) is 6.59. The molecule has 1 aliphatic rings. The van der Waals surface area contributed by atoms with Gasteiger partial charge in [-0.05, 0) is 28.1 Å². The van der Waals surface area contributed by atoms with E-state index in [0.717, 1.165) is 15.7 Å². The predicted octanol–water partition coefficient (Wildman–Crippen LogP) is 2.24. The fraction of sp³-hybridized carbons (Fsp3) is 0.278. The standard InChI is InChI=1S/C18H18BrN3O5/c1-21-15(14(19)8-20-21)11-5-4-6-12(7-11)22-10-27-9-13(17(23)25-2)16(22)18(24)26-3/h4-8H,9-10H2,1-3H3. The van der Waals surface area contributed by atoms with Crippen LogP contribution in [0.25, 0.3) is 11.3 Å². The topological polar surface area (TPSA) is 82.9 Å². The number of carbonyl (C=O) groups excluding carboxylic acids is 2. The molecule has 3 rings (SSSR count). The van der Waals surface area contributed by atoms with Crippen LogP contribution in [0.15, 0.2) is 46.2 Å². The molecule has 0 aliphatic carbocycles. The Kier molecular flexibility index (Phi) is 5.62. The van der Waals surface area contributed by atoms with Crippen LogP contribution in [0.3, 0.4) is 0 Å². The van der Waals surface area contributed by atoms with Gasteiger partial charge in [-0.3, -0.25) is 4.68 Å². The number of methoxy groups -OCH3 is 2. The Bertz CT molecular complexity index is 902.